The van der Waals surface area contributed by atoms with Crippen molar-refractivity contribution in [2.45, 2.75) is 26.4 Å². The van der Waals surface area contributed by atoms with Crippen LogP contribution in [0.3, 0.4) is 0 Å². The highest BCUT2D eigenvalue weighted by Crippen LogP contribution is 2.41. The number of anilines is 4. The minimum absolute atomic E-state index is 0.347. The normalized spacial score (nSPS) is 17.5. The maximum absolute atomic E-state index is 12.4. The maximum atomic E-state index is 12.4. The molecular formula is C33H43BrN9O2P. The smallest absolute Gasteiger partial charge is 0.229 e. The molecule has 0 spiro atoms. The van der Waals surface area contributed by atoms with E-state index in [1.807, 2.05) is 12.1 Å². The Morgan fingerprint density at radius 3 is 2.59 bits per heavy atom. The highest BCUT2D eigenvalue weighted by Gasteiger charge is 2.26. The van der Waals surface area contributed by atoms with Gasteiger partial charge in [-0.15, -0.1) is 0 Å². The minimum atomic E-state index is -2.33. The number of allylic oxidation sites excluding steroid dienone is 2. The molecule has 4 rings (SSSR count). The molecule has 13 heteroatoms. The van der Waals surface area contributed by atoms with Crippen LogP contribution in [-0.2, 0) is 10.7 Å². The van der Waals surface area contributed by atoms with Crippen LogP contribution >= 0.6 is 23.1 Å². The van der Waals surface area contributed by atoms with Crippen molar-refractivity contribution in [2.75, 3.05) is 56.1 Å². The third-order valence-electron chi connectivity index (χ3n) is 7.33. The fraction of sp³-hybridized carbons (Fsp3) is 0.364. The minimum Gasteiger partial charge on any atom is -0.494 e. The van der Waals surface area contributed by atoms with Crippen LogP contribution in [0.5, 0.6) is 5.75 Å². The number of hydrogen-bond donors (Lipinski definition) is 3. The van der Waals surface area contributed by atoms with Gasteiger partial charge in [0.2, 0.25) is 5.95 Å². The number of halogens is 1. The van der Waals surface area contributed by atoms with Crippen molar-refractivity contribution in [3.8, 4) is 5.75 Å². The van der Waals surface area contributed by atoms with Crippen molar-refractivity contribution < 1.29 is 9.30 Å². The maximum Gasteiger partial charge on any atom is 0.229 e. The molecule has 11 nitrogen and oxygen atoms in total. The van der Waals surface area contributed by atoms with E-state index in [2.05, 4.69) is 71.8 Å². The number of benzene rings is 1. The van der Waals surface area contributed by atoms with Gasteiger partial charge in [0.05, 0.1) is 35.8 Å². The first-order chi connectivity index (χ1) is 21.9. The van der Waals surface area contributed by atoms with Crippen LogP contribution in [0.1, 0.15) is 37.2 Å². The predicted octanol–water partition coefficient (Wildman–Crippen LogP) is 7.03. The Kier molecular flexibility index (Phi) is 11.8. The number of ether oxygens (including phenoxy) is 1. The molecule has 2 atom stereocenters. The Morgan fingerprint density at radius 2 is 1.93 bits per heavy atom. The molecule has 1 aliphatic rings. The Morgan fingerprint density at radius 1 is 1.22 bits per heavy atom. The van der Waals surface area contributed by atoms with Gasteiger partial charge in [-0.1, -0.05) is 20.4 Å². The van der Waals surface area contributed by atoms with E-state index in [0.29, 0.717) is 62.8 Å². The lowest BCUT2D eigenvalue weighted by Crippen LogP contribution is -2.39. The quantitative estimate of drug-likeness (QED) is 0.102. The van der Waals surface area contributed by atoms with Gasteiger partial charge in [0, 0.05) is 85.9 Å². The fourth-order valence-electron chi connectivity index (χ4n) is 5.54. The highest BCUT2D eigenvalue weighted by atomic mass is 79.9. The molecule has 1 aliphatic heterocycles. The lowest BCUT2D eigenvalue weighted by Gasteiger charge is -2.38. The lowest BCUT2D eigenvalue weighted by molar-refractivity contribution is 0.356. The van der Waals surface area contributed by atoms with Gasteiger partial charge >= 0.3 is 0 Å². The monoisotopic (exact) mass is 707 g/mol. The van der Waals surface area contributed by atoms with E-state index in [1.165, 1.54) is 6.42 Å². The molecule has 4 N–H and O–H groups in total. The molecule has 46 heavy (non-hydrogen) atoms. The van der Waals surface area contributed by atoms with Gasteiger partial charge in [0.15, 0.2) is 0 Å². The summed E-state index contributed by atoms with van der Waals surface area (Å²) in [5, 5.41) is 6.54. The molecule has 244 valence electrons. The van der Waals surface area contributed by atoms with Crippen LogP contribution < -0.4 is 26.0 Å². The lowest BCUT2D eigenvalue weighted by atomic mass is 9.90. The van der Waals surface area contributed by atoms with Gasteiger partial charge in [-0.05, 0) is 65.7 Å². The Bertz CT molecular complexity index is 1690. The Labute approximate surface area is 280 Å². The average molecular weight is 709 g/mol. The molecule has 2 unspecified atom stereocenters. The van der Waals surface area contributed by atoms with E-state index in [1.54, 1.807) is 70.6 Å². The fourth-order valence-corrected chi connectivity index (χ4v) is 6.79. The van der Waals surface area contributed by atoms with E-state index in [-0.39, 0.29) is 0 Å². The van der Waals surface area contributed by atoms with Gasteiger partial charge in [0.25, 0.3) is 0 Å². The molecule has 3 aromatic rings. The third-order valence-corrected chi connectivity index (χ3v) is 8.98. The predicted molar refractivity (Wildman–Crippen MR) is 195 cm³/mol. The number of methoxy groups -OCH3 is 1. The van der Waals surface area contributed by atoms with Gasteiger partial charge < -0.3 is 30.6 Å². The summed E-state index contributed by atoms with van der Waals surface area (Å²) in [6.45, 7) is 14.0. The highest BCUT2D eigenvalue weighted by molar-refractivity contribution is 9.10. The molecule has 0 radical (unpaired) electrons. The SMILES string of the molecule is C=C(/C=C\c1nccnc1CP(C)(C)=O)Nc1nc(Nc2cc(C(C=NC)=CN)c(N3CC(C)CC(C)C3)cc2OC)ncc1Br. The zero-order chi connectivity index (χ0) is 33.4. The summed E-state index contributed by atoms with van der Waals surface area (Å²) in [4.78, 5) is 24.6. The molecular weight excluding hydrogens is 665 g/mol. The number of aliphatic imine (C=N–C) groups is 1. The molecule has 0 amide bonds. The second kappa shape index (κ2) is 15.5. The van der Waals surface area contributed by atoms with Crippen LogP contribution in [0.25, 0.3) is 11.6 Å². The largest absolute Gasteiger partial charge is 0.494 e. The first-order valence-corrected chi connectivity index (χ1v) is 18.6. The molecule has 1 aromatic carbocycles. The average Bonchev–Trinajstić information content (AvgIpc) is 2.99. The third kappa shape index (κ3) is 9.26. The molecule has 0 saturated carbocycles. The van der Waals surface area contributed by atoms with Gasteiger partial charge in [0.1, 0.15) is 11.6 Å². The van der Waals surface area contributed by atoms with E-state index < -0.39 is 7.14 Å². The molecule has 1 saturated heterocycles. The van der Waals surface area contributed by atoms with Crippen LogP contribution in [0.15, 0.2) is 64.7 Å². The summed E-state index contributed by atoms with van der Waals surface area (Å²) < 4.78 is 18.9. The zero-order valence-corrected chi connectivity index (χ0v) is 29.8. The summed E-state index contributed by atoms with van der Waals surface area (Å²) in [6.07, 6.45) is 13.3. The van der Waals surface area contributed by atoms with E-state index in [9.17, 15) is 4.57 Å². The number of rotatable bonds is 12. The topological polar surface area (TPSA) is 144 Å². The number of nitrogens with one attached hydrogen (secondary N) is 2. The molecule has 1 fully saturated rings. The molecule has 0 aliphatic carbocycles. The van der Waals surface area contributed by atoms with Crippen molar-refractivity contribution in [1.29, 1.82) is 0 Å². The number of aromatic nitrogens is 4. The van der Waals surface area contributed by atoms with E-state index in [4.69, 9.17) is 15.5 Å². The van der Waals surface area contributed by atoms with Crippen molar-refractivity contribution >= 4 is 64.1 Å². The second-order valence-corrected chi connectivity index (χ2v) is 16.4. The van der Waals surface area contributed by atoms with Crippen LogP contribution in [-0.4, -0.2) is 66.7 Å². The number of nitrogens with zero attached hydrogens (tertiary/aromatic N) is 6. The summed E-state index contributed by atoms with van der Waals surface area (Å²) >= 11 is 3.53. The van der Waals surface area contributed by atoms with E-state index >= 15 is 0 Å². The Hall–Kier alpha value is -4.02. The standard InChI is InChI=1S/C33H43BrN9O2P/c1-21-12-22(2)19-43(18-21)30-14-31(45-5)28(13-25(30)24(15-35)16-36-4)41-33-39-17-26(34)32(42-33)40-23(3)8-9-27-29(20-46(6,7)44)38-11-10-37-27/h8-11,13-17,21-22H,3,12,18-20,35H2,1-2,4-7H3,(H2,39,40,41,42)/b9-8-,24-15?,36-16?. The van der Waals surface area contributed by atoms with E-state index in [0.717, 1.165) is 29.9 Å². The van der Waals surface area contributed by atoms with Crippen LogP contribution in [0.4, 0.5) is 23.1 Å². The van der Waals surface area contributed by atoms with Crippen LogP contribution in [0.2, 0.25) is 0 Å². The Balaban J connectivity index is 1.62. The summed E-state index contributed by atoms with van der Waals surface area (Å²) in [5.74, 6) is 2.62. The number of piperidine rings is 1. The summed E-state index contributed by atoms with van der Waals surface area (Å²) in [7, 11) is 1.05. The van der Waals surface area contributed by atoms with Crippen LogP contribution in [0, 0.1) is 11.8 Å². The number of hydrogen-bond acceptors (Lipinski definition) is 11. The summed E-state index contributed by atoms with van der Waals surface area (Å²) in [6, 6.07) is 4.04. The van der Waals surface area contributed by atoms with Gasteiger partial charge in [-0.3, -0.25) is 15.0 Å². The van der Waals surface area contributed by atoms with Crippen molar-refractivity contribution in [3.05, 3.63) is 76.7 Å². The first kappa shape index (κ1) is 34.8. The summed E-state index contributed by atoms with van der Waals surface area (Å²) in [5.41, 5.74) is 11.4. The van der Waals surface area contributed by atoms with Crippen molar-refractivity contribution in [2.24, 2.45) is 22.6 Å². The molecule has 0 bridgehead atoms. The van der Waals surface area contributed by atoms with Gasteiger partial charge in [-0.25, -0.2) is 4.98 Å². The number of nitrogens with two attached hydrogens (primary N) is 1. The van der Waals surface area contributed by atoms with Crippen molar-refractivity contribution in [1.82, 2.24) is 19.9 Å². The second-order valence-electron chi connectivity index (χ2n) is 12.0. The van der Waals surface area contributed by atoms with Gasteiger partial charge in [-0.2, -0.15) is 4.98 Å². The first-order valence-electron chi connectivity index (χ1n) is 15.0. The molecule has 3 heterocycles. The van der Waals surface area contributed by atoms with Crippen molar-refractivity contribution in [3.63, 3.8) is 0 Å². The molecule has 2 aromatic heterocycles. The zero-order valence-electron chi connectivity index (χ0n) is 27.3.